The van der Waals surface area contributed by atoms with Gasteiger partial charge in [0.15, 0.2) is 0 Å². The van der Waals surface area contributed by atoms with Crippen LogP contribution in [0, 0.1) is 0 Å². The number of rotatable bonds is 0. The Bertz CT molecular complexity index is 30.1. The van der Waals surface area contributed by atoms with E-state index in [1.54, 1.807) is 0 Å². The first-order valence-electron chi connectivity index (χ1n) is 0.943. The molecule has 0 aromatic rings. The first kappa shape index (κ1) is 49.0. The minimum atomic E-state index is 0. The smallest absolute Gasteiger partial charge is 1.00 e. The van der Waals surface area contributed by atoms with Gasteiger partial charge in [0.05, 0.1) is 0 Å². The summed E-state index contributed by atoms with van der Waals surface area (Å²) in [5.74, 6) is 0. The van der Waals surface area contributed by atoms with Crippen LogP contribution in [0.15, 0.2) is 0 Å². The molecule has 0 bridgehead atoms. The molecule has 0 aliphatic heterocycles. The summed E-state index contributed by atoms with van der Waals surface area (Å²) in [6.07, 6.45) is 0. The van der Waals surface area contributed by atoms with Crippen LogP contribution in [0.1, 0.15) is 1.43 Å². The van der Waals surface area contributed by atoms with Crippen LogP contribution in [0.5, 0.6) is 0 Å². The number of carbonyl (C=O) groups excluding carboxylic acids is 4. The van der Waals surface area contributed by atoms with Gasteiger partial charge in [-0.1, -0.05) is 0 Å². The fourth-order valence-corrected chi connectivity index (χ4v) is 0. The van der Waals surface area contributed by atoms with Crippen LogP contribution in [-0.2, 0) is 36.0 Å². The van der Waals surface area contributed by atoms with E-state index >= 15 is 0 Å². The van der Waals surface area contributed by atoms with Crippen molar-refractivity contribution in [1.29, 1.82) is 0 Å². The molecule has 1 radical (unpaired) electrons. The van der Waals surface area contributed by atoms with Crippen molar-refractivity contribution in [3.05, 3.63) is 0 Å². The summed E-state index contributed by atoms with van der Waals surface area (Å²) in [5.41, 5.74) is 0. The summed E-state index contributed by atoms with van der Waals surface area (Å²) in [4.78, 5) is 31.0. The zero-order valence-corrected chi connectivity index (χ0v) is 8.32. The zero-order chi connectivity index (χ0) is 8.00. The fourth-order valence-electron chi connectivity index (χ4n) is 0. The molecule has 0 aliphatic rings. The molecule has 0 spiro atoms. The monoisotopic (exact) mass is 199 g/mol. The topological polar surface area (TPSA) is 68.3 Å². The van der Waals surface area contributed by atoms with Crippen molar-refractivity contribution in [3.8, 4) is 0 Å². The van der Waals surface area contributed by atoms with Gasteiger partial charge in [-0.05, 0) is 0 Å². The molecule has 0 amide bonds. The second kappa shape index (κ2) is 17700. The summed E-state index contributed by atoms with van der Waals surface area (Å²) in [6.45, 7) is 13.0. The van der Waals surface area contributed by atoms with Crippen LogP contribution in [0.4, 0.5) is 0 Å². The van der Waals surface area contributed by atoms with E-state index in [1.165, 1.54) is 0 Å². The summed E-state index contributed by atoms with van der Waals surface area (Å²) in [5, 5.41) is 0. The molecule has 0 atom stereocenters. The largest absolute Gasteiger partial charge is 1.00 e. The SMILES string of the molecule is [CH-]=O.[CH-]=O.[CH-]=O.[CH-]=O.[Co].[H-].[Na+]. The molecule has 0 aromatic heterocycles. The molecule has 10 heavy (non-hydrogen) atoms. The zero-order valence-electron chi connectivity index (χ0n) is 6.28. The van der Waals surface area contributed by atoms with Crippen molar-refractivity contribution in [1.82, 2.24) is 0 Å². The average molecular weight is 199 g/mol. The Kier molecular flexibility index (Phi) is 86800. The third kappa shape index (κ3) is 12200. The summed E-state index contributed by atoms with van der Waals surface area (Å²) < 4.78 is 0. The first-order chi connectivity index (χ1) is 4.00. The normalized spacial score (nSPS) is 1.60. The van der Waals surface area contributed by atoms with Crippen LogP contribution in [0.2, 0.25) is 0 Å². The van der Waals surface area contributed by atoms with Gasteiger partial charge in [-0.25, -0.2) is 0 Å². The van der Waals surface area contributed by atoms with Crippen molar-refractivity contribution in [2.75, 3.05) is 0 Å². The van der Waals surface area contributed by atoms with Crippen molar-refractivity contribution >= 4 is 27.2 Å². The maximum atomic E-state index is 7.75. The second-order valence-electron chi connectivity index (χ2n) is 0. The second-order valence-corrected chi connectivity index (χ2v) is 0. The van der Waals surface area contributed by atoms with Gasteiger partial charge in [0.2, 0.25) is 0 Å². The van der Waals surface area contributed by atoms with Gasteiger partial charge in [-0.15, -0.1) is 0 Å². The van der Waals surface area contributed by atoms with E-state index in [9.17, 15) is 0 Å². The predicted molar refractivity (Wildman–Crippen MR) is 28.1 cm³/mol. The first-order valence-corrected chi connectivity index (χ1v) is 0.943. The predicted octanol–water partition coefficient (Wildman–Crippen LogP) is -3.98. The molecule has 0 unspecified atom stereocenters. The molecule has 0 rings (SSSR count). The minimum absolute atomic E-state index is 0. The maximum absolute atomic E-state index is 7.75. The third-order valence-electron chi connectivity index (χ3n) is 0. The van der Waals surface area contributed by atoms with Gasteiger partial charge < -0.3 is 20.6 Å². The Balaban J connectivity index is -0.00000000356. The molecule has 0 aliphatic carbocycles. The molecular weight excluding hydrogens is 194 g/mol. The van der Waals surface area contributed by atoms with Crippen molar-refractivity contribution in [2.24, 2.45) is 0 Å². The summed E-state index contributed by atoms with van der Waals surface area (Å²) in [7, 11) is 0. The molecule has 0 saturated heterocycles. The molecule has 0 N–H and O–H groups in total. The molecule has 6 heteroatoms. The average Bonchev–Trinajstić information content (AvgIpc) is 2.03. The molecule has 0 aromatic carbocycles. The molecule has 4 nitrogen and oxygen atoms in total. The van der Waals surface area contributed by atoms with E-state index in [2.05, 4.69) is 27.2 Å². The van der Waals surface area contributed by atoms with Gasteiger partial charge >= 0.3 is 29.6 Å². The fraction of sp³-hybridized carbons (Fsp3) is 0. The van der Waals surface area contributed by atoms with Crippen LogP contribution in [-0.4, -0.2) is 27.2 Å². The van der Waals surface area contributed by atoms with Crippen molar-refractivity contribution in [2.45, 2.75) is 0 Å². The molecule has 0 heterocycles. The molecule has 59 valence electrons. The van der Waals surface area contributed by atoms with Crippen LogP contribution >= 0.6 is 0 Å². The Morgan fingerprint density at radius 1 is 0.600 bits per heavy atom. The van der Waals surface area contributed by atoms with Crippen molar-refractivity contribution in [3.63, 3.8) is 0 Å². The van der Waals surface area contributed by atoms with Crippen molar-refractivity contribution < 1.29 is 66.9 Å². The minimum Gasteiger partial charge on any atom is -1.00 e. The summed E-state index contributed by atoms with van der Waals surface area (Å²) >= 11 is 0. The molecule has 0 fully saturated rings. The van der Waals surface area contributed by atoms with Gasteiger partial charge in [0.1, 0.15) is 0 Å². The van der Waals surface area contributed by atoms with E-state index in [4.69, 9.17) is 19.2 Å². The Hall–Kier alpha value is 0.186. The van der Waals surface area contributed by atoms with E-state index < -0.39 is 0 Å². The molecule has 0 saturated carbocycles. The number of hydrogen-bond donors (Lipinski definition) is 0. The molecular formula is C4H5CoNaO4-4. The van der Waals surface area contributed by atoms with E-state index in [0.717, 1.165) is 0 Å². The number of hydrogen-bond acceptors (Lipinski definition) is 4. The quantitative estimate of drug-likeness (QED) is 0.226. The summed E-state index contributed by atoms with van der Waals surface area (Å²) in [6, 6.07) is 0. The third-order valence-corrected chi connectivity index (χ3v) is 0. The van der Waals surface area contributed by atoms with Crippen LogP contribution < -0.4 is 29.6 Å². The van der Waals surface area contributed by atoms with Crippen LogP contribution in [0.25, 0.3) is 0 Å². The Morgan fingerprint density at radius 2 is 0.600 bits per heavy atom. The van der Waals surface area contributed by atoms with Gasteiger partial charge in [-0.3, -0.25) is 27.2 Å². The van der Waals surface area contributed by atoms with Crippen LogP contribution in [0.3, 0.4) is 0 Å². The van der Waals surface area contributed by atoms with E-state index in [-0.39, 0.29) is 47.8 Å². The van der Waals surface area contributed by atoms with Gasteiger partial charge in [-0.2, -0.15) is 0 Å². The van der Waals surface area contributed by atoms with E-state index in [0.29, 0.717) is 0 Å². The Morgan fingerprint density at radius 3 is 0.600 bits per heavy atom. The van der Waals surface area contributed by atoms with E-state index in [1.807, 2.05) is 0 Å². The standard InChI is InChI=1S/4CHO.Co.Na.H/c4*1-2;;;/h4*1H;;;/q4*-1;;+1;-1. The maximum Gasteiger partial charge on any atom is 1.00 e. The Labute approximate surface area is 93.7 Å². The van der Waals surface area contributed by atoms with Gasteiger partial charge in [0, 0.05) is 16.8 Å². The van der Waals surface area contributed by atoms with Gasteiger partial charge in [0.25, 0.3) is 0 Å².